The van der Waals surface area contributed by atoms with Crippen molar-refractivity contribution in [3.63, 3.8) is 0 Å². The van der Waals surface area contributed by atoms with Crippen LogP contribution in [0, 0.1) is 0 Å². The highest BCUT2D eigenvalue weighted by molar-refractivity contribution is 5.89. The molecule has 2 atom stereocenters. The zero-order valence-electron chi connectivity index (χ0n) is 13.7. The van der Waals surface area contributed by atoms with Gasteiger partial charge in [0.2, 0.25) is 0 Å². The Kier molecular flexibility index (Phi) is 5.19. The Bertz CT molecular complexity index is 842. The van der Waals surface area contributed by atoms with Crippen molar-refractivity contribution in [3.8, 4) is 0 Å². The van der Waals surface area contributed by atoms with Gasteiger partial charge in [0.25, 0.3) is 6.43 Å². The molecule has 0 spiro atoms. The Balaban J connectivity index is 1.83. The van der Waals surface area contributed by atoms with Gasteiger partial charge in [-0.3, -0.25) is 0 Å². The third-order valence-corrected chi connectivity index (χ3v) is 4.04. The summed E-state index contributed by atoms with van der Waals surface area (Å²) in [5, 5.41) is 14.1. The molecule has 0 bridgehead atoms. The van der Waals surface area contributed by atoms with Crippen LogP contribution in [-0.4, -0.2) is 27.2 Å². The molecule has 3 aromatic rings. The van der Waals surface area contributed by atoms with Gasteiger partial charge in [-0.25, -0.2) is 18.7 Å². The second-order valence-electron chi connectivity index (χ2n) is 5.94. The standard InChI is InChI=1S/C19H19F2N3O/c1-12(16(25)11-13-7-3-2-4-8-13)22-18-14-9-5-6-10-15(14)23-19(24-18)17(20)21/h2-10,12,16-17,25H,11H2,1H3,(H,22,23,24). The summed E-state index contributed by atoms with van der Waals surface area (Å²) >= 11 is 0. The van der Waals surface area contributed by atoms with Crippen LogP contribution >= 0.6 is 0 Å². The van der Waals surface area contributed by atoms with Crippen molar-refractivity contribution in [1.29, 1.82) is 0 Å². The molecule has 0 radical (unpaired) electrons. The van der Waals surface area contributed by atoms with E-state index in [4.69, 9.17) is 0 Å². The highest BCUT2D eigenvalue weighted by Gasteiger charge is 2.19. The molecule has 0 fully saturated rings. The molecule has 3 rings (SSSR count). The second-order valence-corrected chi connectivity index (χ2v) is 5.94. The number of halogens is 2. The predicted octanol–water partition coefficient (Wildman–Crippen LogP) is 3.97. The lowest BCUT2D eigenvalue weighted by atomic mass is 10.0. The molecule has 0 saturated carbocycles. The molecular formula is C19H19F2N3O. The number of hydrogen-bond acceptors (Lipinski definition) is 4. The predicted molar refractivity (Wildman–Crippen MR) is 93.7 cm³/mol. The summed E-state index contributed by atoms with van der Waals surface area (Å²) in [7, 11) is 0. The van der Waals surface area contributed by atoms with Crippen molar-refractivity contribution in [2.45, 2.75) is 31.9 Å². The summed E-state index contributed by atoms with van der Waals surface area (Å²) in [6.07, 6.45) is -2.99. The maximum absolute atomic E-state index is 13.1. The average Bonchev–Trinajstić information content (AvgIpc) is 2.62. The Morgan fingerprint density at radius 2 is 1.68 bits per heavy atom. The van der Waals surface area contributed by atoms with Gasteiger partial charge < -0.3 is 10.4 Å². The van der Waals surface area contributed by atoms with Crippen LogP contribution < -0.4 is 5.32 Å². The molecule has 4 nitrogen and oxygen atoms in total. The minimum absolute atomic E-state index is 0.306. The van der Waals surface area contributed by atoms with E-state index in [1.165, 1.54) is 0 Å². The Labute approximate surface area is 144 Å². The number of nitrogens with zero attached hydrogens (tertiary/aromatic N) is 2. The fraction of sp³-hybridized carbons (Fsp3) is 0.263. The number of nitrogens with one attached hydrogen (secondary N) is 1. The summed E-state index contributed by atoms with van der Waals surface area (Å²) in [6, 6.07) is 16.2. The van der Waals surface area contributed by atoms with Gasteiger partial charge in [0.15, 0.2) is 5.82 Å². The molecule has 1 heterocycles. The quantitative estimate of drug-likeness (QED) is 0.711. The van der Waals surface area contributed by atoms with Crippen molar-refractivity contribution in [3.05, 3.63) is 66.0 Å². The highest BCUT2D eigenvalue weighted by Crippen LogP contribution is 2.25. The van der Waals surface area contributed by atoms with Crippen LogP contribution in [0.3, 0.4) is 0 Å². The van der Waals surface area contributed by atoms with Gasteiger partial charge in [0.1, 0.15) is 5.82 Å². The molecule has 0 saturated heterocycles. The molecular weight excluding hydrogens is 324 g/mol. The summed E-state index contributed by atoms with van der Waals surface area (Å²) < 4.78 is 26.1. The van der Waals surface area contributed by atoms with Crippen LogP contribution in [-0.2, 0) is 6.42 Å². The number of fused-ring (bicyclic) bond motifs is 1. The van der Waals surface area contributed by atoms with Gasteiger partial charge in [0.05, 0.1) is 17.7 Å². The number of para-hydroxylation sites is 1. The van der Waals surface area contributed by atoms with Crippen molar-refractivity contribution in [2.75, 3.05) is 5.32 Å². The van der Waals surface area contributed by atoms with E-state index in [2.05, 4.69) is 15.3 Å². The first-order valence-electron chi connectivity index (χ1n) is 8.08. The van der Waals surface area contributed by atoms with E-state index < -0.39 is 18.4 Å². The molecule has 0 aliphatic carbocycles. The number of aliphatic hydroxyl groups excluding tert-OH is 1. The van der Waals surface area contributed by atoms with Crippen LogP contribution in [0.25, 0.3) is 10.9 Å². The molecule has 1 aromatic heterocycles. The van der Waals surface area contributed by atoms with Crippen molar-refractivity contribution in [2.24, 2.45) is 0 Å². The molecule has 25 heavy (non-hydrogen) atoms. The number of aromatic nitrogens is 2. The third kappa shape index (κ3) is 4.09. The second kappa shape index (κ2) is 7.53. The van der Waals surface area contributed by atoms with Crippen LogP contribution in [0.5, 0.6) is 0 Å². The van der Waals surface area contributed by atoms with Gasteiger partial charge in [-0.05, 0) is 24.6 Å². The first kappa shape index (κ1) is 17.2. The van der Waals surface area contributed by atoms with Crippen LogP contribution in [0.2, 0.25) is 0 Å². The van der Waals surface area contributed by atoms with E-state index in [9.17, 15) is 13.9 Å². The number of benzene rings is 2. The van der Waals surface area contributed by atoms with E-state index in [0.717, 1.165) is 5.56 Å². The monoisotopic (exact) mass is 343 g/mol. The largest absolute Gasteiger partial charge is 0.391 e. The lowest BCUT2D eigenvalue weighted by molar-refractivity contribution is 0.140. The normalized spacial score (nSPS) is 13.8. The Hall–Kier alpha value is -2.60. The fourth-order valence-corrected chi connectivity index (χ4v) is 2.65. The van der Waals surface area contributed by atoms with Gasteiger partial charge in [-0.15, -0.1) is 0 Å². The highest BCUT2D eigenvalue weighted by atomic mass is 19.3. The molecule has 130 valence electrons. The molecule has 2 N–H and O–H groups in total. The first-order chi connectivity index (χ1) is 12.0. The van der Waals surface area contributed by atoms with Crippen LogP contribution in [0.1, 0.15) is 24.7 Å². The Morgan fingerprint density at radius 3 is 2.40 bits per heavy atom. The maximum Gasteiger partial charge on any atom is 0.297 e. The van der Waals surface area contributed by atoms with Gasteiger partial charge in [0, 0.05) is 11.8 Å². The van der Waals surface area contributed by atoms with Crippen molar-refractivity contribution >= 4 is 16.7 Å². The van der Waals surface area contributed by atoms with E-state index in [1.54, 1.807) is 31.2 Å². The summed E-state index contributed by atoms with van der Waals surface area (Å²) in [5.74, 6) is -0.216. The number of rotatable bonds is 6. The lowest BCUT2D eigenvalue weighted by Gasteiger charge is -2.22. The average molecular weight is 343 g/mol. The summed E-state index contributed by atoms with van der Waals surface area (Å²) in [5.41, 5.74) is 1.45. The first-order valence-corrected chi connectivity index (χ1v) is 8.08. The summed E-state index contributed by atoms with van der Waals surface area (Å²) in [6.45, 7) is 1.80. The van der Waals surface area contributed by atoms with E-state index in [0.29, 0.717) is 23.1 Å². The summed E-state index contributed by atoms with van der Waals surface area (Å²) in [4.78, 5) is 7.84. The number of hydrogen-bond donors (Lipinski definition) is 2. The molecule has 0 aliphatic heterocycles. The van der Waals surface area contributed by atoms with Gasteiger partial charge in [-0.2, -0.15) is 0 Å². The smallest absolute Gasteiger partial charge is 0.297 e. The number of anilines is 1. The topological polar surface area (TPSA) is 58.0 Å². The zero-order chi connectivity index (χ0) is 17.8. The number of aliphatic hydroxyl groups is 1. The number of alkyl halides is 2. The maximum atomic E-state index is 13.1. The minimum Gasteiger partial charge on any atom is -0.391 e. The van der Waals surface area contributed by atoms with E-state index >= 15 is 0 Å². The van der Waals surface area contributed by atoms with Gasteiger partial charge >= 0.3 is 0 Å². The van der Waals surface area contributed by atoms with Crippen molar-refractivity contribution in [1.82, 2.24) is 9.97 Å². The Morgan fingerprint density at radius 1 is 1.00 bits per heavy atom. The van der Waals surface area contributed by atoms with E-state index in [-0.39, 0.29) is 6.04 Å². The zero-order valence-corrected chi connectivity index (χ0v) is 13.7. The van der Waals surface area contributed by atoms with Gasteiger partial charge in [-0.1, -0.05) is 42.5 Å². The lowest BCUT2D eigenvalue weighted by Crippen LogP contribution is -2.33. The van der Waals surface area contributed by atoms with E-state index in [1.807, 2.05) is 30.3 Å². The van der Waals surface area contributed by atoms with Crippen LogP contribution in [0.15, 0.2) is 54.6 Å². The minimum atomic E-state index is -2.75. The van der Waals surface area contributed by atoms with Crippen LogP contribution in [0.4, 0.5) is 14.6 Å². The SMILES string of the molecule is CC(Nc1nc(C(F)F)nc2ccccc12)C(O)Cc1ccccc1. The molecule has 6 heteroatoms. The molecule has 2 aromatic carbocycles. The molecule has 2 unspecified atom stereocenters. The third-order valence-electron chi connectivity index (χ3n) is 4.04. The molecule has 0 aliphatic rings. The fourth-order valence-electron chi connectivity index (χ4n) is 2.65. The molecule has 0 amide bonds. The van der Waals surface area contributed by atoms with Crippen molar-refractivity contribution < 1.29 is 13.9 Å².